The molecule has 2 aromatic rings. The van der Waals surface area contributed by atoms with Crippen LogP contribution in [0.1, 0.15) is 29.3 Å². The molecule has 0 atom stereocenters. The maximum Gasteiger partial charge on any atom is 0.271 e. The van der Waals surface area contributed by atoms with Gasteiger partial charge in [0.2, 0.25) is 5.91 Å². The van der Waals surface area contributed by atoms with Crippen LogP contribution in [0.2, 0.25) is 5.02 Å². The van der Waals surface area contributed by atoms with Crippen molar-refractivity contribution in [2.45, 2.75) is 20.3 Å². The zero-order chi connectivity index (χ0) is 18.4. The number of nitrogens with zero attached hydrogens (tertiary/aromatic N) is 1. The minimum absolute atomic E-state index is 0.00827. The average molecular weight is 360 g/mol. The summed E-state index contributed by atoms with van der Waals surface area (Å²) in [5, 5.41) is 16.6. The van der Waals surface area contributed by atoms with E-state index >= 15 is 0 Å². The number of aryl methyl sites for hydroxylation is 1. The highest BCUT2D eigenvalue weighted by Gasteiger charge is 2.09. The van der Waals surface area contributed by atoms with Gasteiger partial charge in [-0.1, -0.05) is 17.7 Å². The zero-order valence-corrected chi connectivity index (χ0v) is 14.6. The summed E-state index contributed by atoms with van der Waals surface area (Å²) in [6.45, 7) is 3.48. The zero-order valence-electron chi connectivity index (χ0n) is 13.8. The van der Waals surface area contributed by atoms with Gasteiger partial charge in [0.15, 0.2) is 0 Å². The number of phenolic OH excluding ortho intramolecular Hbond substituents is 1. The van der Waals surface area contributed by atoms with Gasteiger partial charge in [0.1, 0.15) is 5.75 Å². The van der Waals surface area contributed by atoms with E-state index in [2.05, 4.69) is 15.8 Å². The van der Waals surface area contributed by atoms with Crippen molar-refractivity contribution in [3.8, 4) is 5.75 Å². The third kappa shape index (κ3) is 5.61. The summed E-state index contributed by atoms with van der Waals surface area (Å²) < 4.78 is 0. The molecular weight excluding hydrogens is 342 g/mol. The molecule has 0 fully saturated rings. The molecule has 0 unspecified atom stereocenters. The van der Waals surface area contributed by atoms with Gasteiger partial charge in [-0.25, -0.2) is 5.43 Å². The number of hydrogen-bond acceptors (Lipinski definition) is 4. The Morgan fingerprint density at radius 3 is 2.64 bits per heavy atom. The number of aromatic hydroxyl groups is 1. The Bertz CT molecular complexity index is 834. The molecule has 7 heteroatoms. The number of hydrogen-bond donors (Lipinski definition) is 3. The van der Waals surface area contributed by atoms with Crippen LogP contribution in [0.15, 0.2) is 47.6 Å². The van der Waals surface area contributed by atoms with Gasteiger partial charge in [-0.2, -0.15) is 5.10 Å². The van der Waals surface area contributed by atoms with E-state index in [1.165, 1.54) is 12.1 Å². The SMILES string of the molecule is C/C(CC(=O)Nc1ccc(Cl)cc1C)=N\NC(=O)c1cccc(O)c1. The molecule has 0 aliphatic carbocycles. The maximum atomic E-state index is 12.0. The van der Waals surface area contributed by atoms with Crippen LogP contribution in [-0.2, 0) is 4.79 Å². The first-order valence-electron chi connectivity index (χ1n) is 7.53. The van der Waals surface area contributed by atoms with Crippen LogP contribution in [0.3, 0.4) is 0 Å². The molecule has 0 saturated heterocycles. The van der Waals surface area contributed by atoms with Crippen molar-refractivity contribution in [3.63, 3.8) is 0 Å². The lowest BCUT2D eigenvalue weighted by Gasteiger charge is -2.08. The van der Waals surface area contributed by atoms with Crippen LogP contribution >= 0.6 is 11.6 Å². The Kier molecular flexibility index (Phi) is 6.14. The largest absolute Gasteiger partial charge is 0.508 e. The number of carbonyl (C=O) groups is 2. The molecule has 25 heavy (non-hydrogen) atoms. The van der Waals surface area contributed by atoms with Gasteiger partial charge in [-0.3, -0.25) is 9.59 Å². The molecular formula is C18H18ClN3O3. The first-order valence-corrected chi connectivity index (χ1v) is 7.91. The molecule has 0 aliphatic rings. The quantitative estimate of drug-likeness (QED) is 0.563. The standard InChI is InChI=1S/C18H18ClN3O3/c1-11-8-14(19)6-7-16(11)20-17(24)9-12(2)21-22-18(25)13-4-3-5-15(23)10-13/h3-8,10,23H,9H2,1-2H3,(H,20,24)(H,22,25)/b21-12+. The predicted molar refractivity (Wildman–Crippen MR) is 98.1 cm³/mol. The summed E-state index contributed by atoms with van der Waals surface area (Å²) in [5.74, 6) is -0.728. The van der Waals surface area contributed by atoms with E-state index in [4.69, 9.17) is 11.6 Å². The second kappa shape index (κ2) is 8.30. The highest BCUT2D eigenvalue weighted by Crippen LogP contribution is 2.19. The number of phenols is 1. The van der Waals surface area contributed by atoms with E-state index in [1.54, 1.807) is 37.3 Å². The summed E-state index contributed by atoms with van der Waals surface area (Å²) >= 11 is 5.88. The van der Waals surface area contributed by atoms with Crippen molar-refractivity contribution in [2.75, 3.05) is 5.32 Å². The van der Waals surface area contributed by atoms with Gasteiger partial charge in [-0.15, -0.1) is 0 Å². The van der Waals surface area contributed by atoms with Crippen LogP contribution in [0.25, 0.3) is 0 Å². The second-order valence-electron chi connectivity index (χ2n) is 5.52. The van der Waals surface area contributed by atoms with E-state index in [0.29, 0.717) is 16.4 Å². The van der Waals surface area contributed by atoms with Gasteiger partial charge >= 0.3 is 0 Å². The fourth-order valence-corrected chi connectivity index (χ4v) is 2.32. The molecule has 2 rings (SSSR count). The fourth-order valence-electron chi connectivity index (χ4n) is 2.09. The fraction of sp³-hybridized carbons (Fsp3) is 0.167. The number of amides is 2. The molecule has 0 aromatic heterocycles. The first kappa shape index (κ1) is 18.5. The molecule has 2 aromatic carbocycles. The number of carbonyl (C=O) groups excluding carboxylic acids is 2. The molecule has 6 nitrogen and oxygen atoms in total. The normalized spacial score (nSPS) is 11.1. The summed E-state index contributed by atoms with van der Waals surface area (Å²) in [6, 6.07) is 11.1. The highest BCUT2D eigenvalue weighted by atomic mass is 35.5. The minimum atomic E-state index is -0.468. The van der Waals surface area contributed by atoms with Crippen LogP contribution in [0, 0.1) is 6.92 Å². The summed E-state index contributed by atoms with van der Waals surface area (Å²) in [7, 11) is 0. The molecule has 0 aliphatic heterocycles. The summed E-state index contributed by atoms with van der Waals surface area (Å²) in [5.41, 5.74) is 4.60. The van der Waals surface area contributed by atoms with Crippen LogP contribution in [0.5, 0.6) is 5.75 Å². The molecule has 0 radical (unpaired) electrons. The van der Waals surface area contributed by atoms with Gasteiger partial charge in [-0.05, 0) is 55.8 Å². The number of hydrazone groups is 1. The van der Waals surface area contributed by atoms with Crippen molar-refractivity contribution in [2.24, 2.45) is 5.10 Å². The molecule has 0 heterocycles. The Morgan fingerprint density at radius 1 is 1.20 bits per heavy atom. The number of anilines is 1. The van der Waals surface area contributed by atoms with Gasteiger partial charge < -0.3 is 10.4 Å². The topological polar surface area (TPSA) is 90.8 Å². The van der Waals surface area contributed by atoms with Gasteiger partial charge in [0.25, 0.3) is 5.91 Å². The highest BCUT2D eigenvalue weighted by molar-refractivity contribution is 6.30. The second-order valence-corrected chi connectivity index (χ2v) is 5.96. The van der Waals surface area contributed by atoms with Crippen LogP contribution < -0.4 is 10.7 Å². The Balaban J connectivity index is 1.92. The van der Waals surface area contributed by atoms with Crippen LogP contribution in [-0.4, -0.2) is 22.6 Å². The number of halogens is 1. The Labute approximate surface area is 150 Å². The minimum Gasteiger partial charge on any atom is -0.508 e. The lowest BCUT2D eigenvalue weighted by Crippen LogP contribution is -2.21. The van der Waals surface area contributed by atoms with E-state index < -0.39 is 5.91 Å². The third-order valence-electron chi connectivity index (χ3n) is 3.34. The van der Waals surface area contributed by atoms with Crippen molar-refractivity contribution in [3.05, 3.63) is 58.6 Å². The maximum absolute atomic E-state index is 12.0. The third-order valence-corrected chi connectivity index (χ3v) is 3.57. The summed E-state index contributed by atoms with van der Waals surface area (Å²) in [4.78, 5) is 24.0. The van der Waals surface area contributed by atoms with Gasteiger partial charge in [0, 0.05) is 22.0 Å². The van der Waals surface area contributed by atoms with Crippen molar-refractivity contribution < 1.29 is 14.7 Å². The molecule has 0 spiro atoms. The molecule has 0 saturated carbocycles. The monoisotopic (exact) mass is 359 g/mol. The number of benzene rings is 2. The molecule has 130 valence electrons. The van der Waals surface area contributed by atoms with E-state index in [0.717, 1.165) is 5.56 Å². The van der Waals surface area contributed by atoms with Crippen molar-refractivity contribution in [1.29, 1.82) is 0 Å². The van der Waals surface area contributed by atoms with Crippen molar-refractivity contribution >= 4 is 34.8 Å². The van der Waals surface area contributed by atoms with E-state index in [9.17, 15) is 14.7 Å². The predicted octanol–water partition coefficient (Wildman–Crippen LogP) is 3.49. The number of nitrogens with one attached hydrogen (secondary N) is 2. The van der Waals surface area contributed by atoms with E-state index in [1.807, 2.05) is 6.92 Å². The summed E-state index contributed by atoms with van der Waals surface area (Å²) in [6.07, 6.45) is 0.0301. The smallest absolute Gasteiger partial charge is 0.271 e. The molecule has 3 N–H and O–H groups in total. The lowest BCUT2D eigenvalue weighted by molar-refractivity contribution is -0.115. The first-order chi connectivity index (χ1) is 11.8. The van der Waals surface area contributed by atoms with Gasteiger partial charge in [0.05, 0.1) is 6.42 Å². The van der Waals surface area contributed by atoms with E-state index in [-0.39, 0.29) is 23.6 Å². The van der Waals surface area contributed by atoms with Crippen LogP contribution in [0.4, 0.5) is 5.69 Å². The van der Waals surface area contributed by atoms with Crippen molar-refractivity contribution in [1.82, 2.24) is 5.43 Å². The Morgan fingerprint density at radius 2 is 1.96 bits per heavy atom. The molecule has 2 amide bonds. The average Bonchev–Trinajstić information content (AvgIpc) is 2.55. The number of rotatable bonds is 5. The molecule has 0 bridgehead atoms. The lowest BCUT2D eigenvalue weighted by atomic mass is 10.2. The Hall–Kier alpha value is -2.86.